The molecule has 0 fully saturated rings. The van der Waals surface area contributed by atoms with Gasteiger partial charge in [0.2, 0.25) is 5.88 Å². The molecular weight excluding hydrogens is 618 g/mol. The average molecular weight is 636 g/mol. The van der Waals surface area contributed by atoms with Crippen LogP contribution in [0.15, 0.2) is 67.5 Å². The van der Waals surface area contributed by atoms with Crippen LogP contribution in [0.2, 0.25) is 5.02 Å². The summed E-state index contributed by atoms with van der Waals surface area (Å²) in [5.41, 5.74) is 0.592. The van der Waals surface area contributed by atoms with E-state index < -0.39 is 4.92 Å². The number of benzene rings is 2. The van der Waals surface area contributed by atoms with Crippen molar-refractivity contribution in [3.8, 4) is 11.6 Å². The van der Waals surface area contributed by atoms with Crippen LogP contribution in [0.3, 0.4) is 0 Å². The minimum absolute atomic E-state index is 0.135. The zero-order chi connectivity index (χ0) is 25.8. The van der Waals surface area contributed by atoms with Crippen molar-refractivity contribution in [1.82, 2.24) is 14.6 Å². The lowest BCUT2D eigenvalue weighted by atomic mass is 10.2. The fourth-order valence-corrected chi connectivity index (χ4v) is 4.64. The predicted molar refractivity (Wildman–Crippen MR) is 145 cm³/mol. The highest BCUT2D eigenvalue weighted by Crippen LogP contribution is 2.35. The minimum atomic E-state index is -0.545. The Balaban J connectivity index is 1.78. The van der Waals surface area contributed by atoms with E-state index in [9.17, 15) is 14.9 Å². The van der Waals surface area contributed by atoms with Crippen LogP contribution in [0.4, 0.5) is 5.69 Å². The van der Waals surface area contributed by atoms with Crippen molar-refractivity contribution in [2.24, 2.45) is 5.10 Å². The fraction of sp³-hybridized carbons (Fsp3) is 0.167. The SMILES string of the molecule is CCCCc1nc2ccc(Br)cc2c(=O)n1N=Cc1cc(Cl)cc(Br)c1Oc1ccc([N+](=O)[O-])cn1. The van der Waals surface area contributed by atoms with Crippen LogP contribution in [0.25, 0.3) is 10.9 Å². The molecule has 0 bridgehead atoms. The summed E-state index contributed by atoms with van der Waals surface area (Å²) < 4.78 is 8.44. The number of nitro groups is 1. The van der Waals surface area contributed by atoms with Crippen LogP contribution in [0, 0.1) is 10.1 Å². The Morgan fingerprint density at radius 3 is 2.72 bits per heavy atom. The maximum absolute atomic E-state index is 13.3. The molecule has 0 amide bonds. The molecule has 0 N–H and O–H groups in total. The molecule has 0 unspecified atom stereocenters. The Hall–Kier alpha value is -3.15. The van der Waals surface area contributed by atoms with Crippen LogP contribution in [0.5, 0.6) is 11.6 Å². The first-order valence-electron chi connectivity index (χ1n) is 10.8. The molecule has 0 aliphatic rings. The third-order valence-corrected chi connectivity index (χ3v) is 6.42. The number of aryl methyl sites for hydroxylation is 1. The van der Waals surface area contributed by atoms with E-state index in [1.165, 1.54) is 23.0 Å². The van der Waals surface area contributed by atoms with Gasteiger partial charge in [-0.25, -0.2) is 9.97 Å². The Kier molecular flexibility index (Phi) is 8.12. The average Bonchev–Trinajstić information content (AvgIpc) is 2.85. The fourth-order valence-electron chi connectivity index (χ4n) is 3.36. The molecule has 184 valence electrons. The van der Waals surface area contributed by atoms with Gasteiger partial charge in [0.1, 0.15) is 12.0 Å². The van der Waals surface area contributed by atoms with Gasteiger partial charge in [0.05, 0.1) is 26.5 Å². The molecule has 2 aromatic carbocycles. The lowest BCUT2D eigenvalue weighted by Gasteiger charge is -2.12. The molecule has 0 spiro atoms. The van der Waals surface area contributed by atoms with E-state index in [2.05, 4.69) is 53.9 Å². The summed E-state index contributed by atoms with van der Waals surface area (Å²) in [7, 11) is 0. The third kappa shape index (κ3) is 5.80. The number of hydrogen-bond donors (Lipinski definition) is 0. The highest BCUT2D eigenvalue weighted by Gasteiger charge is 2.15. The molecule has 0 radical (unpaired) electrons. The molecule has 2 aromatic heterocycles. The first kappa shape index (κ1) is 25.9. The van der Waals surface area contributed by atoms with E-state index in [1.54, 1.807) is 24.3 Å². The van der Waals surface area contributed by atoms with Gasteiger partial charge in [-0.3, -0.25) is 14.9 Å². The van der Waals surface area contributed by atoms with Gasteiger partial charge in [0.15, 0.2) is 5.75 Å². The summed E-state index contributed by atoms with van der Waals surface area (Å²) in [4.78, 5) is 32.4. The van der Waals surface area contributed by atoms with Gasteiger partial charge in [-0.1, -0.05) is 40.9 Å². The Morgan fingerprint density at radius 2 is 2.03 bits per heavy atom. The first-order chi connectivity index (χ1) is 17.3. The molecule has 12 heteroatoms. The van der Waals surface area contributed by atoms with Gasteiger partial charge in [-0.15, -0.1) is 0 Å². The normalized spacial score (nSPS) is 11.3. The first-order valence-corrected chi connectivity index (χ1v) is 12.8. The van der Waals surface area contributed by atoms with Gasteiger partial charge in [0, 0.05) is 33.6 Å². The van der Waals surface area contributed by atoms with Crippen molar-refractivity contribution in [1.29, 1.82) is 0 Å². The maximum Gasteiger partial charge on any atom is 0.287 e. The summed E-state index contributed by atoms with van der Waals surface area (Å²) in [5, 5.41) is 16.2. The second kappa shape index (κ2) is 11.3. The molecule has 0 aliphatic carbocycles. The molecule has 4 rings (SSSR count). The van der Waals surface area contributed by atoms with Gasteiger partial charge in [-0.2, -0.15) is 9.78 Å². The second-order valence-electron chi connectivity index (χ2n) is 7.67. The number of hydrogen-bond acceptors (Lipinski definition) is 7. The predicted octanol–water partition coefficient (Wildman–Crippen LogP) is 6.90. The Bertz CT molecular complexity index is 1540. The summed E-state index contributed by atoms with van der Waals surface area (Å²) in [6, 6.07) is 11.3. The molecule has 2 heterocycles. The second-order valence-corrected chi connectivity index (χ2v) is 9.88. The number of pyridine rings is 1. The summed E-state index contributed by atoms with van der Waals surface area (Å²) in [5.74, 6) is 0.994. The van der Waals surface area contributed by atoms with E-state index in [-0.39, 0.29) is 17.1 Å². The quantitative estimate of drug-likeness (QED) is 0.118. The zero-order valence-corrected chi connectivity index (χ0v) is 22.7. The van der Waals surface area contributed by atoms with Gasteiger partial charge in [-0.05, 0) is 52.7 Å². The number of rotatable bonds is 8. The zero-order valence-electron chi connectivity index (χ0n) is 18.8. The van der Waals surface area contributed by atoms with E-state index in [1.807, 2.05) is 6.07 Å². The Labute approximate surface area is 227 Å². The minimum Gasteiger partial charge on any atom is -0.437 e. The van der Waals surface area contributed by atoms with Crippen molar-refractivity contribution >= 4 is 66.3 Å². The number of aromatic nitrogens is 3. The molecule has 0 saturated carbocycles. The van der Waals surface area contributed by atoms with Crippen molar-refractivity contribution in [2.75, 3.05) is 0 Å². The molecular formula is C24H18Br2ClN5O4. The van der Waals surface area contributed by atoms with Crippen molar-refractivity contribution in [3.63, 3.8) is 0 Å². The largest absolute Gasteiger partial charge is 0.437 e. The van der Waals surface area contributed by atoms with E-state index in [4.69, 9.17) is 16.3 Å². The van der Waals surface area contributed by atoms with Gasteiger partial charge in [0.25, 0.3) is 11.2 Å². The summed E-state index contributed by atoms with van der Waals surface area (Å²) in [6.07, 6.45) is 4.90. The summed E-state index contributed by atoms with van der Waals surface area (Å²) in [6.45, 7) is 2.06. The van der Waals surface area contributed by atoms with Crippen LogP contribution in [-0.2, 0) is 6.42 Å². The van der Waals surface area contributed by atoms with Crippen LogP contribution < -0.4 is 10.3 Å². The molecule has 0 aliphatic heterocycles. The molecule has 0 saturated heterocycles. The monoisotopic (exact) mass is 633 g/mol. The van der Waals surface area contributed by atoms with Gasteiger partial charge >= 0.3 is 0 Å². The Morgan fingerprint density at radius 1 is 1.22 bits per heavy atom. The standard InChI is InChI=1S/C24H18Br2ClN5O4/c1-2-3-4-21-30-20-7-5-15(25)10-18(20)24(33)31(21)29-12-14-9-16(27)11-19(26)23(14)36-22-8-6-17(13-28-22)32(34)35/h5-13H,2-4H2,1H3. The summed E-state index contributed by atoms with van der Waals surface area (Å²) >= 11 is 13.1. The third-order valence-electron chi connectivity index (χ3n) is 5.12. The maximum atomic E-state index is 13.3. The molecule has 0 atom stereocenters. The topological polar surface area (TPSA) is 113 Å². The lowest BCUT2D eigenvalue weighted by molar-refractivity contribution is -0.385. The highest BCUT2D eigenvalue weighted by atomic mass is 79.9. The van der Waals surface area contributed by atoms with Crippen LogP contribution in [0.1, 0.15) is 31.2 Å². The smallest absolute Gasteiger partial charge is 0.287 e. The molecule has 9 nitrogen and oxygen atoms in total. The number of nitrogens with zero attached hydrogens (tertiary/aromatic N) is 5. The lowest BCUT2D eigenvalue weighted by Crippen LogP contribution is -2.22. The number of unbranched alkanes of at least 4 members (excludes halogenated alkanes) is 1. The molecule has 4 aromatic rings. The number of fused-ring (bicyclic) bond motifs is 1. The highest BCUT2D eigenvalue weighted by molar-refractivity contribution is 9.10. The van der Waals surface area contributed by atoms with E-state index in [0.29, 0.717) is 44.0 Å². The van der Waals surface area contributed by atoms with Crippen molar-refractivity contribution in [3.05, 3.63) is 94.5 Å². The van der Waals surface area contributed by atoms with E-state index in [0.717, 1.165) is 23.5 Å². The van der Waals surface area contributed by atoms with Crippen LogP contribution >= 0.6 is 43.5 Å². The van der Waals surface area contributed by atoms with Gasteiger partial charge < -0.3 is 4.74 Å². The number of halogens is 3. The van der Waals surface area contributed by atoms with E-state index >= 15 is 0 Å². The van der Waals surface area contributed by atoms with Crippen molar-refractivity contribution < 1.29 is 9.66 Å². The molecule has 36 heavy (non-hydrogen) atoms. The number of ether oxygens (including phenoxy) is 1. The van der Waals surface area contributed by atoms with Crippen LogP contribution in [-0.4, -0.2) is 25.8 Å². The van der Waals surface area contributed by atoms with Crippen molar-refractivity contribution in [2.45, 2.75) is 26.2 Å².